The lowest BCUT2D eigenvalue weighted by molar-refractivity contribution is -0.169. The number of hydrogen-bond donors (Lipinski definition) is 1. The summed E-state index contributed by atoms with van der Waals surface area (Å²) in [6.07, 6.45) is 4.94. The number of aliphatic hydroxyl groups is 1. The summed E-state index contributed by atoms with van der Waals surface area (Å²) in [5, 5.41) is 9.73. The molecule has 5 nitrogen and oxygen atoms in total. The number of benzene rings is 1. The quantitative estimate of drug-likeness (QED) is 0.483. The largest absolute Gasteiger partial charge is 0.461 e. The van der Waals surface area contributed by atoms with Gasteiger partial charge in [0.25, 0.3) is 0 Å². The Bertz CT molecular complexity index is 748. The van der Waals surface area contributed by atoms with Gasteiger partial charge in [0.05, 0.1) is 17.5 Å². The first kappa shape index (κ1) is 22.4. The second-order valence-corrected chi connectivity index (χ2v) is 7.51. The van der Waals surface area contributed by atoms with Crippen LogP contribution in [0.2, 0.25) is 5.02 Å². The number of carbonyl (C=O) groups excluding carboxylic acids is 2. The maximum atomic E-state index is 13.3. The summed E-state index contributed by atoms with van der Waals surface area (Å²) >= 11 is 5.77. The first-order valence-electron chi connectivity index (χ1n) is 9.50. The third-order valence-corrected chi connectivity index (χ3v) is 5.16. The fourth-order valence-corrected chi connectivity index (χ4v) is 3.29. The van der Waals surface area contributed by atoms with E-state index in [1.165, 1.54) is 24.3 Å². The van der Waals surface area contributed by atoms with Gasteiger partial charge in [-0.05, 0) is 36.6 Å². The summed E-state index contributed by atoms with van der Waals surface area (Å²) in [4.78, 5) is 24.5. The van der Waals surface area contributed by atoms with Gasteiger partial charge in [-0.3, -0.25) is 4.79 Å². The highest BCUT2D eigenvalue weighted by molar-refractivity contribution is 6.30. The molecule has 1 saturated heterocycles. The number of carbonyl (C=O) groups is 2. The van der Waals surface area contributed by atoms with Crippen molar-refractivity contribution in [1.82, 2.24) is 0 Å². The number of esters is 2. The van der Waals surface area contributed by atoms with E-state index in [0.717, 1.165) is 19.3 Å². The lowest BCUT2D eigenvalue weighted by Crippen LogP contribution is -2.40. The second kappa shape index (κ2) is 10.0. The van der Waals surface area contributed by atoms with Gasteiger partial charge in [0.15, 0.2) is 5.60 Å². The zero-order chi connectivity index (χ0) is 20.7. The molecule has 2 unspecified atom stereocenters. The molecule has 154 valence electrons. The number of cyclic esters (lactones) is 1. The Hall–Kier alpha value is -1.92. The van der Waals surface area contributed by atoms with Gasteiger partial charge in [-0.15, -0.1) is 0 Å². The molecule has 0 saturated carbocycles. The maximum absolute atomic E-state index is 13.3. The molecule has 1 aromatic rings. The first-order valence-corrected chi connectivity index (χ1v) is 9.88. The normalized spacial score (nSPS) is 21.6. The van der Waals surface area contributed by atoms with E-state index in [9.17, 15) is 19.1 Å². The van der Waals surface area contributed by atoms with Crippen LogP contribution in [0.4, 0.5) is 4.39 Å². The Morgan fingerprint density at radius 2 is 2.21 bits per heavy atom. The van der Waals surface area contributed by atoms with E-state index in [1.807, 2.05) is 6.92 Å². The van der Waals surface area contributed by atoms with Crippen molar-refractivity contribution in [2.45, 2.75) is 51.6 Å². The van der Waals surface area contributed by atoms with Crippen molar-refractivity contribution < 1.29 is 28.6 Å². The molecule has 0 amide bonds. The molecular weight excluding hydrogens is 387 g/mol. The summed E-state index contributed by atoms with van der Waals surface area (Å²) in [6, 6.07) is 4.09. The van der Waals surface area contributed by atoms with E-state index in [1.54, 1.807) is 0 Å². The molecule has 1 aliphatic heterocycles. The zero-order valence-electron chi connectivity index (χ0n) is 16.2. The van der Waals surface area contributed by atoms with Crippen molar-refractivity contribution in [3.63, 3.8) is 0 Å². The van der Waals surface area contributed by atoms with Crippen LogP contribution in [-0.2, 0) is 19.1 Å². The van der Waals surface area contributed by atoms with Crippen LogP contribution in [0.15, 0.2) is 23.8 Å². The molecule has 1 aliphatic rings. The Kier molecular flexibility index (Phi) is 8.01. The van der Waals surface area contributed by atoms with Crippen LogP contribution in [0.1, 0.15) is 51.5 Å². The Morgan fingerprint density at radius 3 is 2.82 bits per heavy atom. The fourth-order valence-electron chi connectivity index (χ4n) is 3.10. The van der Waals surface area contributed by atoms with Crippen LogP contribution in [0.5, 0.6) is 0 Å². The minimum Gasteiger partial charge on any atom is -0.461 e. The average Bonchev–Trinajstić information content (AvgIpc) is 3.00. The van der Waals surface area contributed by atoms with Crippen LogP contribution in [-0.4, -0.2) is 35.9 Å². The summed E-state index contributed by atoms with van der Waals surface area (Å²) < 4.78 is 24.0. The molecule has 0 aliphatic carbocycles. The number of unbranched alkanes of at least 4 members (excludes halogenated alkanes) is 1. The number of rotatable bonds is 9. The molecule has 1 aromatic carbocycles. The Morgan fingerprint density at radius 1 is 1.46 bits per heavy atom. The molecule has 1 heterocycles. The van der Waals surface area contributed by atoms with E-state index >= 15 is 0 Å². The van der Waals surface area contributed by atoms with Crippen LogP contribution >= 0.6 is 11.6 Å². The van der Waals surface area contributed by atoms with Gasteiger partial charge in [-0.2, -0.15) is 0 Å². The molecule has 2 rings (SSSR count). The maximum Gasteiger partial charge on any atom is 0.334 e. The van der Waals surface area contributed by atoms with Crippen molar-refractivity contribution >= 4 is 29.6 Å². The Labute approximate surface area is 169 Å². The zero-order valence-corrected chi connectivity index (χ0v) is 16.9. The molecule has 0 radical (unpaired) electrons. The highest BCUT2D eigenvalue weighted by Crippen LogP contribution is 2.33. The third-order valence-electron chi connectivity index (χ3n) is 4.87. The lowest BCUT2D eigenvalue weighted by atomic mass is 9.97. The van der Waals surface area contributed by atoms with Crippen LogP contribution in [0.3, 0.4) is 0 Å². The summed E-state index contributed by atoms with van der Waals surface area (Å²) in [5.74, 6) is -1.71. The minimum atomic E-state index is -1.30. The summed E-state index contributed by atoms with van der Waals surface area (Å²) in [7, 11) is 0. The van der Waals surface area contributed by atoms with Crippen LogP contribution in [0, 0.1) is 11.7 Å². The molecule has 1 fully saturated rings. The van der Waals surface area contributed by atoms with E-state index in [4.69, 9.17) is 21.1 Å². The smallest absolute Gasteiger partial charge is 0.334 e. The van der Waals surface area contributed by atoms with Crippen LogP contribution in [0.25, 0.3) is 6.08 Å². The number of ether oxygens (including phenoxy) is 2. The monoisotopic (exact) mass is 412 g/mol. The van der Waals surface area contributed by atoms with E-state index in [2.05, 4.69) is 6.92 Å². The standard InChI is InChI=1S/C21H26ClFO5/c1-3-5-6-15(4-2)19(25)27-13-21(12-24)11-16(20(26)28-21)9-14-7-8-18(23)17(22)10-14/h7-10,15,24H,3-6,11-13H2,1-2H3/b16-9-. The lowest BCUT2D eigenvalue weighted by Gasteiger charge is -2.25. The molecular formula is C21H26ClFO5. The van der Waals surface area contributed by atoms with Gasteiger partial charge < -0.3 is 14.6 Å². The van der Waals surface area contributed by atoms with Gasteiger partial charge >= 0.3 is 11.9 Å². The van der Waals surface area contributed by atoms with E-state index in [0.29, 0.717) is 17.6 Å². The molecule has 7 heteroatoms. The minimum absolute atomic E-state index is 0.0549. The second-order valence-electron chi connectivity index (χ2n) is 7.11. The molecule has 2 atom stereocenters. The highest BCUT2D eigenvalue weighted by atomic mass is 35.5. The summed E-state index contributed by atoms with van der Waals surface area (Å²) in [6.45, 7) is 3.30. The van der Waals surface area contributed by atoms with E-state index < -0.39 is 24.0 Å². The Balaban J connectivity index is 2.07. The van der Waals surface area contributed by atoms with Crippen molar-refractivity contribution in [3.8, 4) is 0 Å². The van der Waals surface area contributed by atoms with Crippen molar-refractivity contribution in [1.29, 1.82) is 0 Å². The molecule has 1 N–H and O–H groups in total. The van der Waals surface area contributed by atoms with Crippen molar-refractivity contribution in [2.75, 3.05) is 13.2 Å². The molecule has 0 spiro atoms. The van der Waals surface area contributed by atoms with Gasteiger partial charge in [0, 0.05) is 12.0 Å². The van der Waals surface area contributed by atoms with Gasteiger partial charge in [-0.25, -0.2) is 9.18 Å². The number of aliphatic hydroxyl groups excluding tert-OH is 1. The topological polar surface area (TPSA) is 72.8 Å². The molecule has 0 bridgehead atoms. The SMILES string of the molecule is CCCCC(CC)C(=O)OCC1(CO)C/C(=C/c2ccc(F)c(Cl)c2)C(=O)O1. The predicted molar refractivity (Wildman–Crippen MR) is 104 cm³/mol. The molecule has 28 heavy (non-hydrogen) atoms. The highest BCUT2D eigenvalue weighted by Gasteiger charge is 2.44. The predicted octanol–water partition coefficient (Wildman–Crippen LogP) is 4.30. The van der Waals surface area contributed by atoms with Crippen LogP contribution < -0.4 is 0 Å². The van der Waals surface area contributed by atoms with Crippen molar-refractivity contribution in [3.05, 3.63) is 40.2 Å². The molecule has 0 aromatic heterocycles. The summed E-state index contributed by atoms with van der Waals surface area (Å²) in [5.41, 5.74) is -0.466. The third kappa shape index (κ3) is 5.55. The van der Waals surface area contributed by atoms with Gasteiger partial charge in [-0.1, -0.05) is 44.4 Å². The number of halogens is 2. The first-order chi connectivity index (χ1) is 13.3. The van der Waals surface area contributed by atoms with Gasteiger partial charge in [0.2, 0.25) is 0 Å². The van der Waals surface area contributed by atoms with Crippen molar-refractivity contribution in [2.24, 2.45) is 5.92 Å². The fraction of sp³-hybridized carbons (Fsp3) is 0.524. The average molecular weight is 413 g/mol. The van der Waals surface area contributed by atoms with Gasteiger partial charge in [0.1, 0.15) is 12.4 Å². The number of hydrogen-bond acceptors (Lipinski definition) is 5. The van der Waals surface area contributed by atoms with E-state index in [-0.39, 0.29) is 29.9 Å².